The van der Waals surface area contributed by atoms with E-state index in [2.05, 4.69) is 20.6 Å². The van der Waals surface area contributed by atoms with Crippen molar-refractivity contribution >= 4 is 50.3 Å². The summed E-state index contributed by atoms with van der Waals surface area (Å²) < 4.78 is 6.28. The number of carbonyl (C=O) groups is 3. The smallest absolute Gasteiger partial charge is 0.339 e. The molecule has 0 bridgehead atoms. The highest BCUT2D eigenvalue weighted by Gasteiger charge is 2.27. The normalized spacial score (nSPS) is 15.6. The number of nitrogens with zero attached hydrogens (tertiary/aromatic N) is 4. The minimum absolute atomic E-state index is 0.0265. The SMILES string of the molecule is CCNC(=O)[C@H]1CCCN(c2nc3ncn(CC(=O)Nc4ccccc4C(=O)OC)c(=O)c3s2)C1. The van der Waals surface area contributed by atoms with Gasteiger partial charge in [0.2, 0.25) is 11.8 Å². The number of piperidine rings is 1. The minimum atomic E-state index is -0.578. The Morgan fingerprint density at radius 2 is 2.06 bits per heavy atom. The molecule has 35 heavy (non-hydrogen) atoms. The molecular weight excluding hydrogens is 472 g/mol. The highest BCUT2D eigenvalue weighted by atomic mass is 32.1. The van der Waals surface area contributed by atoms with Crippen molar-refractivity contribution in [1.82, 2.24) is 19.9 Å². The number of aromatic nitrogens is 3. The average molecular weight is 499 g/mol. The number of fused-ring (bicyclic) bond motifs is 1. The first-order chi connectivity index (χ1) is 16.9. The lowest BCUT2D eigenvalue weighted by molar-refractivity contribution is -0.125. The van der Waals surface area contributed by atoms with Gasteiger partial charge in [0.15, 0.2) is 10.8 Å². The molecule has 1 aliphatic rings. The van der Waals surface area contributed by atoms with Gasteiger partial charge in [-0.25, -0.2) is 9.78 Å². The number of rotatable bonds is 7. The number of hydrogen-bond donors (Lipinski definition) is 2. The molecule has 1 saturated heterocycles. The third-order valence-corrected chi connectivity index (χ3v) is 6.80. The fourth-order valence-electron chi connectivity index (χ4n) is 3.99. The molecule has 1 atom stereocenters. The molecule has 2 N–H and O–H groups in total. The van der Waals surface area contributed by atoms with Gasteiger partial charge in [0.1, 0.15) is 17.6 Å². The predicted octanol–water partition coefficient (Wildman–Crippen LogP) is 1.63. The Morgan fingerprint density at radius 3 is 2.83 bits per heavy atom. The molecule has 11 nitrogen and oxygen atoms in total. The third kappa shape index (κ3) is 5.32. The average Bonchev–Trinajstić information content (AvgIpc) is 3.31. The quantitative estimate of drug-likeness (QED) is 0.469. The highest BCUT2D eigenvalue weighted by molar-refractivity contribution is 7.22. The summed E-state index contributed by atoms with van der Waals surface area (Å²) in [5, 5.41) is 6.15. The number of ether oxygens (including phenoxy) is 1. The molecule has 0 spiro atoms. The molecular formula is C23H26N6O5S. The van der Waals surface area contributed by atoms with Gasteiger partial charge in [-0.1, -0.05) is 23.5 Å². The van der Waals surface area contributed by atoms with E-state index < -0.39 is 11.9 Å². The largest absolute Gasteiger partial charge is 0.465 e. The minimum Gasteiger partial charge on any atom is -0.465 e. The Balaban J connectivity index is 1.51. The molecule has 1 fully saturated rings. The van der Waals surface area contributed by atoms with E-state index in [0.717, 1.165) is 19.4 Å². The summed E-state index contributed by atoms with van der Waals surface area (Å²) in [6, 6.07) is 6.46. The van der Waals surface area contributed by atoms with Gasteiger partial charge in [0.25, 0.3) is 5.56 Å². The lowest BCUT2D eigenvalue weighted by Gasteiger charge is -2.31. The number of benzene rings is 1. The number of nitrogens with one attached hydrogen (secondary N) is 2. The first-order valence-electron chi connectivity index (χ1n) is 11.3. The fourth-order valence-corrected chi connectivity index (χ4v) is 4.99. The van der Waals surface area contributed by atoms with Crippen LogP contribution in [0.25, 0.3) is 10.3 Å². The zero-order chi connectivity index (χ0) is 24.9. The van der Waals surface area contributed by atoms with Crippen LogP contribution in [0, 0.1) is 5.92 Å². The maximum Gasteiger partial charge on any atom is 0.339 e. The van der Waals surface area contributed by atoms with Crippen molar-refractivity contribution < 1.29 is 19.1 Å². The van der Waals surface area contributed by atoms with Crippen LogP contribution in [0.4, 0.5) is 10.8 Å². The van der Waals surface area contributed by atoms with Gasteiger partial charge in [-0.2, -0.15) is 4.98 Å². The van der Waals surface area contributed by atoms with Gasteiger partial charge in [-0.3, -0.25) is 19.0 Å². The van der Waals surface area contributed by atoms with Crippen molar-refractivity contribution in [2.24, 2.45) is 5.92 Å². The Morgan fingerprint density at radius 1 is 1.26 bits per heavy atom. The Labute approximate surface area is 205 Å². The summed E-state index contributed by atoms with van der Waals surface area (Å²) in [5.41, 5.74) is 0.428. The molecule has 4 rings (SSSR count). The van der Waals surface area contributed by atoms with Gasteiger partial charge in [0.05, 0.1) is 24.3 Å². The van der Waals surface area contributed by atoms with Crippen LogP contribution in [-0.2, 0) is 20.9 Å². The third-order valence-electron chi connectivity index (χ3n) is 5.71. The maximum absolute atomic E-state index is 13.0. The van der Waals surface area contributed by atoms with Crippen LogP contribution in [0.5, 0.6) is 0 Å². The number of methoxy groups -OCH3 is 1. The van der Waals surface area contributed by atoms with E-state index in [1.165, 1.54) is 35.4 Å². The Kier molecular flexibility index (Phi) is 7.39. The van der Waals surface area contributed by atoms with Crippen molar-refractivity contribution in [2.75, 3.05) is 37.0 Å². The first-order valence-corrected chi connectivity index (χ1v) is 12.1. The Hall–Kier alpha value is -3.80. The topological polar surface area (TPSA) is 136 Å². The first kappa shape index (κ1) is 24.3. The summed E-state index contributed by atoms with van der Waals surface area (Å²) in [6.07, 6.45) is 2.95. The van der Waals surface area contributed by atoms with Gasteiger partial charge >= 0.3 is 5.97 Å². The van der Waals surface area contributed by atoms with Crippen LogP contribution in [-0.4, -0.2) is 59.1 Å². The lowest BCUT2D eigenvalue weighted by Crippen LogP contribution is -2.43. The van der Waals surface area contributed by atoms with Crippen LogP contribution in [0.15, 0.2) is 35.4 Å². The molecule has 184 valence electrons. The maximum atomic E-state index is 13.0. The van der Waals surface area contributed by atoms with Crippen LogP contribution >= 0.6 is 11.3 Å². The van der Waals surface area contributed by atoms with Crippen molar-refractivity contribution in [1.29, 1.82) is 0 Å². The number of esters is 1. The zero-order valence-electron chi connectivity index (χ0n) is 19.4. The zero-order valence-corrected chi connectivity index (χ0v) is 20.3. The van der Waals surface area contributed by atoms with Gasteiger partial charge in [-0.15, -0.1) is 0 Å². The van der Waals surface area contributed by atoms with Crippen molar-refractivity contribution in [3.63, 3.8) is 0 Å². The number of hydrogen-bond acceptors (Lipinski definition) is 9. The van der Waals surface area contributed by atoms with Crippen LogP contribution < -0.4 is 21.1 Å². The molecule has 1 aliphatic heterocycles. The summed E-state index contributed by atoms with van der Waals surface area (Å²) in [5.74, 6) is -1.17. The second-order valence-electron chi connectivity index (χ2n) is 8.09. The highest BCUT2D eigenvalue weighted by Crippen LogP contribution is 2.29. The number of amides is 2. The molecule has 2 amide bonds. The van der Waals surface area contributed by atoms with E-state index in [0.29, 0.717) is 34.3 Å². The fraction of sp³-hybridized carbons (Fsp3) is 0.391. The molecule has 0 unspecified atom stereocenters. The number of para-hydroxylation sites is 1. The van der Waals surface area contributed by atoms with Gasteiger partial charge in [0, 0.05) is 19.6 Å². The van der Waals surface area contributed by atoms with E-state index in [9.17, 15) is 19.2 Å². The molecule has 1 aromatic carbocycles. The van der Waals surface area contributed by atoms with E-state index in [1.807, 2.05) is 11.8 Å². The molecule has 3 heterocycles. The van der Waals surface area contributed by atoms with E-state index >= 15 is 0 Å². The van der Waals surface area contributed by atoms with E-state index in [-0.39, 0.29) is 29.5 Å². The van der Waals surface area contributed by atoms with Crippen LogP contribution in [0.2, 0.25) is 0 Å². The van der Waals surface area contributed by atoms with Crippen LogP contribution in [0.3, 0.4) is 0 Å². The number of thiazole rings is 1. The van der Waals surface area contributed by atoms with Crippen LogP contribution in [0.1, 0.15) is 30.1 Å². The Bertz CT molecular complexity index is 1320. The van der Waals surface area contributed by atoms with Crippen molar-refractivity contribution in [3.05, 3.63) is 46.5 Å². The molecule has 0 aliphatic carbocycles. The monoisotopic (exact) mass is 498 g/mol. The summed E-state index contributed by atoms with van der Waals surface area (Å²) in [7, 11) is 1.26. The molecule has 12 heteroatoms. The molecule has 2 aromatic heterocycles. The summed E-state index contributed by atoms with van der Waals surface area (Å²) in [4.78, 5) is 60.7. The second-order valence-corrected chi connectivity index (χ2v) is 9.07. The predicted molar refractivity (Wildman–Crippen MR) is 132 cm³/mol. The second kappa shape index (κ2) is 10.6. The summed E-state index contributed by atoms with van der Waals surface area (Å²) >= 11 is 1.21. The molecule has 0 saturated carbocycles. The molecule has 0 radical (unpaired) electrons. The van der Waals surface area contributed by atoms with Crippen molar-refractivity contribution in [3.8, 4) is 0 Å². The standard InChI is InChI=1S/C23H26N6O5S/c1-3-24-20(31)14-7-6-10-28(11-14)23-27-19-18(35-23)21(32)29(13-25-19)12-17(30)26-16-9-5-4-8-15(16)22(33)34-2/h4-5,8-9,13-14H,3,6-7,10-12H2,1-2H3,(H,24,31)(H,26,30)/t14-/m0/s1. The van der Waals surface area contributed by atoms with Gasteiger partial charge in [-0.05, 0) is 31.9 Å². The molecule has 3 aromatic rings. The van der Waals surface area contributed by atoms with Gasteiger partial charge < -0.3 is 20.3 Å². The number of carbonyl (C=O) groups excluding carboxylic acids is 3. The van der Waals surface area contributed by atoms with E-state index in [1.54, 1.807) is 18.2 Å². The van der Waals surface area contributed by atoms with E-state index in [4.69, 9.17) is 4.74 Å². The lowest BCUT2D eigenvalue weighted by atomic mass is 9.97. The number of anilines is 2. The summed E-state index contributed by atoms with van der Waals surface area (Å²) in [6.45, 7) is 3.46. The van der Waals surface area contributed by atoms with Crippen molar-refractivity contribution in [2.45, 2.75) is 26.3 Å².